The number of amides is 2. The van der Waals surface area contributed by atoms with E-state index in [-0.39, 0.29) is 30.6 Å². The zero-order chi connectivity index (χ0) is 18.8. The molecule has 7 heteroatoms. The molecular weight excluding hydrogens is 374 g/mol. The van der Waals surface area contributed by atoms with Crippen molar-refractivity contribution in [2.45, 2.75) is 69.0 Å². The minimum Gasteiger partial charge on any atom is -0.492 e. The van der Waals surface area contributed by atoms with E-state index in [1.165, 1.54) is 0 Å². The number of carbonyl (C=O) groups excluding carboxylic acids is 1. The number of fused-ring (bicyclic) bond motifs is 3. The smallest absolute Gasteiger partial charge is 0.318 e. The van der Waals surface area contributed by atoms with Gasteiger partial charge in [0.1, 0.15) is 5.75 Å². The topological polar surface area (TPSA) is 41.6 Å². The highest BCUT2D eigenvalue weighted by atomic mass is 35.5. The molecule has 2 amide bonds. The minimum atomic E-state index is -2.54. The quantitative estimate of drug-likeness (QED) is 0.732. The molecule has 3 atom stereocenters. The lowest BCUT2D eigenvalue weighted by Gasteiger charge is -2.40. The van der Waals surface area contributed by atoms with E-state index in [2.05, 4.69) is 5.32 Å². The van der Waals surface area contributed by atoms with Gasteiger partial charge in [0.15, 0.2) is 0 Å². The van der Waals surface area contributed by atoms with Crippen LogP contribution in [0.15, 0.2) is 18.2 Å². The van der Waals surface area contributed by atoms with Gasteiger partial charge < -0.3 is 15.0 Å². The number of nitrogens with zero attached hydrogens (tertiary/aromatic N) is 1. The van der Waals surface area contributed by atoms with E-state index < -0.39 is 11.3 Å². The summed E-state index contributed by atoms with van der Waals surface area (Å²) in [4.78, 5) is 14.9. The Balaban J connectivity index is 1.34. The second-order valence-electron chi connectivity index (χ2n) is 8.51. The Bertz CT molecular complexity index is 773. The molecule has 1 aromatic carbocycles. The zero-order valence-corrected chi connectivity index (χ0v) is 15.8. The first-order chi connectivity index (χ1) is 12.9. The molecule has 1 saturated carbocycles. The Hall–Kier alpha value is -1.56. The second kappa shape index (κ2) is 5.97. The molecule has 1 N–H and O–H groups in total. The Morgan fingerprint density at radius 3 is 2.59 bits per heavy atom. The lowest BCUT2D eigenvalue weighted by molar-refractivity contribution is 0.0166. The number of para-hydroxylation sites is 1. The number of carbonyl (C=O) groups is 1. The van der Waals surface area contributed by atoms with Crippen LogP contribution in [-0.4, -0.2) is 35.5 Å². The standard InChI is InChI=1S/C20H23ClF2N2O2/c21-15-4-1-3-14-16(5-2-8-27-17(14)15)24-18(26)25-12-6-7-13(25)10-19(9-12)11-20(19,22)23/h1,3-4,12-13,16H,2,5-11H2,(H,24,26). The highest BCUT2D eigenvalue weighted by molar-refractivity contribution is 6.32. The largest absolute Gasteiger partial charge is 0.492 e. The van der Waals surface area contributed by atoms with E-state index in [1.807, 2.05) is 17.0 Å². The number of nitrogens with one attached hydrogen (secondary N) is 1. The van der Waals surface area contributed by atoms with Crippen molar-refractivity contribution in [1.82, 2.24) is 10.2 Å². The number of benzene rings is 1. The third-order valence-corrected chi connectivity index (χ3v) is 7.17. The van der Waals surface area contributed by atoms with Gasteiger partial charge in [0, 0.05) is 29.5 Å². The Morgan fingerprint density at radius 2 is 1.93 bits per heavy atom. The predicted octanol–water partition coefficient (Wildman–Crippen LogP) is 4.92. The van der Waals surface area contributed by atoms with Crippen LogP contribution in [0, 0.1) is 5.41 Å². The van der Waals surface area contributed by atoms with Crippen LogP contribution < -0.4 is 10.1 Å². The molecule has 0 radical (unpaired) electrons. The number of rotatable bonds is 1. The molecular formula is C20H23ClF2N2O2. The third-order valence-electron chi connectivity index (χ3n) is 6.87. The van der Waals surface area contributed by atoms with Crippen LogP contribution in [0.1, 0.15) is 56.6 Å². The van der Waals surface area contributed by atoms with Gasteiger partial charge in [0.2, 0.25) is 0 Å². The Kier molecular flexibility index (Phi) is 3.87. The van der Waals surface area contributed by atoms with E-state index in [0.29, 0.717) is 30.2 Å². The van der Waals surface area contributed by atoms with E-state index >= 15 is 0 Å². The summed E-state index contributed by atoms with van der Waals surface area (Å²) in [5.74, 6) is -1.90. The molecule has 3 heterocycles. The predicted molar refractivity (Wildman–Crippen MR) is 97.3 cm³/mol. The first-order valence-corrected chi connectivity index (χ1v) is 10.2. The van der Waals surface area contributed by atoms with Crippen LogP contribution in [0.25, 0.3) is 0 Å². The van der Waals surface area contributed by atoms with Crippen LogP contribution in [0.4, 0.5) is 13.6 Å². The first kappa shape index (κ1) is 17.5. The average molecular weight is 397 g/mol. The summed E-state index contributed by atoms with van der Waals surface area (Å²) < 4.78 is 33.5. The summed E-state index contributed by atoms with van der Waals surface area (Å²) in [7, 11) is 0. The molecule has 3 fully saturated rings. The number of alkyl halides is 2. The van der Waals surface area contributed by atoms with Crippen molar-refractivity contribution in [2.75, 3.05) is 6.61 Å². The van der Waals surface area contributed by atoms with Gasteiger partial charge in [-0.05, 0) is 44.6 Å². The van der Waals surface area contributed by atoms with E-state index in [1.54, 1.807) is 6.07 Å². The van der Waals surface area contributed by atoms with Gasteiger partial charge in [-0.15, -0.1) is 0 Å². The molecule has 4 aliphatic rings. The highest BCUT2D eigenvalue weighted by Gasteiger charge is 2.74. The van der Waals surface area contributed by atoms with E-state index in [9.17, 15) is 13.6 Å². The lowest BCUT2D eigenvalue weighted by Crippen LogP contribution is -2.52. The van der Waals surface area contributed by atoms with Crippen LogP contribution >= 0.6 is 11.6 Å². The molecule has 1 aromatic rings. The summed E-state index contributed by atoms with van der Waals surface area (Å²) in [5.41, 5.74) is 0.0502. The molecule has 1 aliphatic carbocycles. The van der Waals surface area contributed by atoms with Gasteiger partial charge in [-0.3, -0.25) is 0 Å². The summed E-state index contributed by atoms with van der Waals surface area (Å²) >= 11 is 6.27. The molecule has 2 bridgehead atoms. The van der Waals surface area contributed by atoms with Gasteiger partial charge in [0.05, 0.1) is 17.7 Å². The second-order valence-corrected chi connectivity index (χ2v) is 8.92. The average Bonchev–Trinajstić information content (AvgIpc) is 3.10. The molecule has 4 nitrogen and oxygen atoms in total. The number of halogens is 3. The first-order valence-electron chi connectivity index (χ1n) is 9.78. The van der Waals surface area contributed by atoms with Crippen LogP contribution in [0.3, 0.4) is 0 Å². The summed E-state index contributed by atoms with van der Waals surface area (Å²) in [6.07, 6.45) is 4.09. The van der Waals surface area contributed by atoms with Gasteiger partial charge >= 0.3 is 6.03 Å². The summed E-state index contributed by atoms with van der Waals surface area (Å²) in [5, 5.41) is 3.69. The van der Waals surface area contributed by atoms with Crippen LogP contribution in [-0.2, 0) is 0 Å². The van der Waals surface area contributed by atoms with Crippen molar-refractivity contribution in [1.29, 1.82) is 0 Å². The monoisotopic (exact) mass is 396 g/mol. The molecule has 2 saturated heterocycles. The fourth-order valence-electron chi connectivity index (χ4n) is 5.45. The van der Waals surface area contributed by atoms with Crippen molar-refractivity contribution in [3.8, 4) is 5.75 Å². The molecule has 3 unspecified atom stereocenters. The van der Waals surface area contributed by atoms with Gasteiger partial charge in [-0.2, -0.15) is 0 Å². The number of ether oxygens (including phenoxy) is 1. The number of piperidine rings is 1. The maximum atomic E-state index is 13.9. The molecule has 5 rings (SSSR count). The van der Waals surface area contributed by atoms with E-state index in [4.69, 9.17) is 16.3 Å². The Morgan fingerprint density at radius 1 is 1.22 bits per heavy atom. The number of urea groups is 1. The number of hydrogen-bond donors (Lipinski definition) is 1. The maximum Gasteiger partial charge on any atom is 0.318 e. The maximum absolute atomic E-state index is 13.9. The van der Waals surface area contributed by atoms with Gasteiger partial charge in [0.25, 0.3) is 5.92 Å². The van der Waals surface area contributed by atoms with E-state index in [0.717, 1.165) is 31.2 Å². The van der Waals surface area contributed by atoms with Crippen molar-refractivity contribution in [3.63, 3.8) is 0 Å². The van der Waals surface area contributed by atoms with Crippen LogP contribution in [0.2, 0.25) is 5.02 Å². The normalized spacial score (nSPS) is 36.0. The molecule has 146 valence electrons. The highest BCUT2D eigenvalue weighted by Crippen LogP contribution is 2.69. The van der Waals surface area contributed by atoms with Crippen molar-refractivity contribution >= 4 is 17.6 Å². The fourth-order valence-corrected chi connectivity index (χ4v) is 5.68. The Labute approximate surface area is 162 Å². The van der Waals surface area contributed by atoms with Crippen LogP contribution in [0.5, 0.6) is 5.75 Å². The van der Waals surface area contributed by atoms with Crippen molar-refractivity contribution in [2.24, 2.45) is 5.41 Å². The molecule has 0 aromatic heterocycles. The zero-order valence-electron chi connectivity index (χ0n) is 15.0. The third kappa shape index (κ3) is 2.71. The lowest BCUT2D eigenvalue weighted by atomic mass is 9.87. The van der Waals surface area contributed by atoms with Crippen molar-refractivity contribution in [3.05, 3.63) is 28.8 Å². The summed E-state index contributed by atoms with van der Waals surface area (Å²) in [6, 6.07) is 5.12. The SMILES string of the molecule is O=C(NC1CCCOc2c(Cl)cccc21)N1C2CCC1CC1(C2)CC1(F)F. The van der Waals surface area contributed by atoms with Gasteiger partial charge in [-0.1, -0.05) is 23.7 Å². The molecule has 3 aliphatic heterocycles. The van der Waals surface area contributed by atoms with Crippen molar-refractivity contribution < 1.29 is 18.3 Å². The van der Waals surface area contributed by atoms with Gasteiger partial charge in [-0.25, -0.2) is 13.6 Å². The molecule has 1 spiro atoms. The summed E-state index contributed by atoms with van der Waals surface area (Å²) in [6.45, 7) is 0.565. The fraction of sp³-hybridized carbons (Fsp3) is 0.650. The number of hydrogen-bond acceptors (Lipinski definition) is 2. The molecule has 27 heavy (non-hydrogen) atoms. The minimum absolute atomic E-state index is 0.00566.